The molecule has 0 unspecified atom stereocenters. The van der Waals surface area contributed by atoms with Crippen molar-refractivity contribution < 1.29 is 4.39 Å². The monoisotopic (exact) mass is 305 g/mol. The number of nitrogens with one attached hydrogen (secondary N) is 2. The van der Waals surface area contributed by atoms with E-state index in [1.54, 1.807) is 42.5 Å². The van der Waals surface area contributed by atoms with Crippen molar-refractivity contribution in [3.63, 3.8) is 0 Å². The average Bonchev–Trinajstić information content (AvgIpc) is 2.57. The third-order valence-corrected chi connectivity index (χ3v) is 3.07. The van der Waals surface area contributed by atoms with Crippen LogP contribution in [0.5, 0.6) is 0 Å². The highest BCUT2D eigenvalue weighted by molar-refractivity contribution is 5.63. The predicted octanol–water partition coefficient (Wildman–Crippen LogP) is 3.97. The molecule has 3 rings (SSSR count). The molecule has 0 atom stereocenters. The van der Waals surface area contributed by atoms with Gasteiger partial charge in [-0.1, -0.05) is 18.2 Å². The molecule has 0 radical (unpaired) electrons. The fraction of sp³-hybridized carbons (Fsp3) is 0. The Labute approximate surface area is 132 Å². The zero-order chi connectivity index (χ0) is 16.1. The summed E-state index contributed by atoms with van der Waals surface area (Å²) in [5.74, 6) is 0.639. The minimum Gasteiger partial charge on any atom is -0.340 e. The summed E-state index contributed by atoms with van der Waals surface area (Å²) in [6.07, 6.45) is 1.37. The van der Waals surface area contributed by atoms with E-state index in [1.807, 2.05) is 6.07 Å². The van der Waals surface area contributed by atoms with E-state index in [1.165, 1.54) is 12.4 Å². The zero-order valence-corrected chi connectivity index (χ0v) is 12.0. The van der Waals surface area contributed by atoms with Gasteiger partial charge in [-0.3, -0.25) is 0 Å². The maximum Gasteiger partial charge on any atom is 0.146 e. The van der Waals surface area contributed by atoms with Crippen molar-refractivity contribution in [1.82, 2.24) is 9.97 Å². The van der Waals surface area contributed by atoms with Gasteiger partial charge in [0.25, 0.3) is 0 Å². The Balaban J connectivity index is 1.80. The second kappa shape index (κ2) is 6.54. The van der Waals surface area contributed by atoms with E-state index >= 15 is 0 Å². The van der Waals surface area contributed by atoms with Crippen LogP contribution >= 0.6 is 0 Å². The molecule has 3 aromatic rings. The molecule has 0 fully saturated rings. The smallest absolute Gasteiger partial charge is 0.146 e. The highest BCUT2D eigenvalue weighted by atomic mass is 19.1. The Morgan fingerprint density at radius 2 is 1.70 bits per heavy atom. The molecule has 0 aliphatic heterocycles. The minimum atomic E-state index is -0.359. The first kappa shape index (κ1) is 14.5. The number of benzene rings is 2. The normalized spacial score (nSPS) is 9.91. The highest BCUT2D eigenvalue weighted by Gasteiger charge is 2.04. The van der Waals surface area contributed by atoms with Crippen molar-refractivity contribution in [2.24, 2.45) is 0 Å². The molecule has 23 heavy (non-hydrogen) atoms. The Kier molecular flexibility index (Phi) is 4.11. The maximum atomic E-state index is 13.7. The van der Waals surface area contributed by atoms with Gasteiger partial charge >= 0.3 is 0 Å². The molecule has 5 nitrogen and oxygen atoms in total. The van der Waals surface area contributed by atoms with Gasteiger partial charge in [-0.2, -0.15) is 5.26 Å². The Bertz CT molecular complexity index is 873. The number of nitrogens with zero attached hydrogens (tertiary/aromatic N) is 3. The number of halogens is 1. The van der Waals surface area contributed by atoms with Crippen LogP contribution in [0, 0.1) is 17.1 Å². The summed E-state index contributed by atoms with van der Waals surface area (Å²) in [6.45, 7) is 0. The van der Waals surface area contributed by atoms with Gasteiger partial charge in [-0.15, -0.1) is 0 Å². The number of para-hydroxylation sites is 1. The average molecular weight is 305 g/mol. The van der Waals surface area contributed by atoms with E-state index < -0.39 is 0 Å². The SMILES string of the molecule is N#Cc1cccc(Nc2cc(Nc3ccccc3F)ncn2)c1. The van der Waals surface area contributed by atoms with E-state index in [-0.39, 0.29) is 5.82 Å². The van der Waals surface area contributed by atoms with Gasteiger partial charge in [0.15, 0.2) is 0 Å². The van der Waals surface area contributed by atoms with Crippen LogP contribution in [0.15, 0.2) is 60.9 Å². The second-order valence-electron chi connectivity index (χ2n) is 4.71. The molecule has 0 aliphatic carbocycles. The Morgan fingerprint density at radius 1 is 0.913 bits per heavy atom. The summed E-state index contributed by atoms with van der Waals surface area (Å²) < 4.78 is 13.7. The molecule has 0 saturated heterocycles. The van der Waals surface area contributed by atoms with Crippen LogP contribution in [0.4, 0.5) is 27.4 Å². The largest absolute Gasteiger partial charge is 0.340 e. The van der Waals surface area contributed by atoms with Crippen LogP contribution in [0.3, 0.4) is 0 Å². The van der Waals surface area contributed by atoms with E-state index in [0.717, 1.165) is 5.69 Å². The quantitative estimate of drug-likeness (QED) is 0.763. The molecule has 1 aromatic heterocycles. The summed E-state index contributed by atoms with van der Waals surface area (Å²) in [4.78, 5) is 8.19. The first-order valence-corrected chi connectivity index (χ1v) is 6.85. The summed E-state index contributed by atoms with van der Waals surface area (Å²) in [5.41, 5.74) is 1.62. The third-order valence-electron chi connectivity index (χ3n) is 3.07. The second-order valence-corrected chi connectivity index (χ2v) is 4.71. The molecule has 2 N–H and O–H groups in total. The standard InChI is InChI=1S/C17H12FN5/c18-14-6-1-2-7-15(14)23-17-9-16(20-11-21-17)22-13-5-3-4-12(8-13)10-19/h1-9,11H,(H2,20,21,22,23). The third kappa shape index (κ3) is 3.60. The van der Waals surface area contributed by atoms with Crippen LogP contribution in [-0.2, 0) is 0 Å². The van der Waals surface area contributed by atoms with Crippen molar-refractivity contribution in [2.45, 2.75) is 0 Å². The van der Waals surface area contributed by atoms with Crippen molar-refractivity contribution in [2.75, 3.05) is 10.6 Å². The number of nitriles is 1. The number of hydrogen-bond donors (Lipinski definition) is 2. The molecule has 0 bridgehead atoms. The molecule has 2 aromatic carbocycles. The van der Waals surface area contributed by atoms with Gasteiger partial charge in [0.1, 0.15) is 23.8 Å². The van der Waals surface area contributed by atoms with Gasteiger partial charge in [0, 0.05) is 11.8 Å². The highest BCUT2D eigenvalue weighted by Crippen LogP contribution is 2.21. The van der Waals surface area contributed by atoms with Gasteiger partial charge in [0.2, 0.25) is 0 Å². The fourth-order valence-corrected chi connectivity index (χ4v) is 2.01. The molecule has 6 heteroatoms. The lowest BCUT2D eigenvalue weighted by Gasteiger charge is -2.09. The number of hydrogen-bond acceptors (Lipinski definition) is 5. The molecular weight excluding hydrogens is 293 g/mol. The van der Waals surface area contributed by atoms with Crippen molar-refractivity contribution in [1.29, 1.82) is 5.26 Å². The lowest BCUT2D eigenvalue weighted by Crippen LogP contribution is -1.99. The number of aromatic nitrogens is 2. The van der Waals surface area contributed by atoms with Crippen LogP contribution in [0.1, 0.15) is 5.56 Å². The molecule has 112 valence electrons. The first-order chi connectivity index (χ1) is 11.2. The summed E-state index contributed by atoms with van der Waals surface area (Å²) in [5, 5.41) is 14.9. The Morgan fingerprint density at radius 3 is 2.48 bits per heavy atom. The number of rotatable bonds is 4. The summed E-state index contributed by atoms with van der Waals surface area (Å²) >= 11 is 0. The molecule has 0 amide bonds. The van der Waals surface area contributed by atoms with E-state index in [0.29, 0.717) is 22.9 Å². The van der Waals surface area contributed by atoms with Crippen LogP contribution in [0.25, 0.3) is 0 Å². The van der Waals surface area contributed by atoms with Crippen LogP contribution in [0.2, 0.25) is 0 Å². The first-order valence-electron chi connectivity index (χ1n) is 6.85. The van der Waals surface area contributed by atoms with E-state index in [2.05, 4.69) is 26.7 Å². The molecule has 0 aliphatic rings. The topological polar surface area (TPSA) is 73.6 Å². The van der Waals surface area contributed by atoms with Crippen molar-refractivity contribution in [3.8, 4) is 6.07 Å². The van der Waals surface area contributed by atoms with E-state index in [4.69, 9.17) is 5.26 Å². The zero-order valence-electron chi connectivity index (χ0n) is 12.0. The number of anilines is 4. The van der Waals surface area contributed by atoms with Gasteiger partial charge < -0.3 is 10.6 Å². The summed E-state index contributed by atoms with van der Waals surface area (Å²) in [6, 6.07) is 17.1. The molecule has 0 spiro atoms. The minimum absolute atomic E-state index is 0.337. The molecular formula is C17H12FN5. The van der Waals surface area contributed by atoms with Gasteiger partial charge in [0.05, 0.1) is 17.3 Å². The van der Waals surface area contributed by atoms with Crippen LogP contribution in [-0.4, -0.2) is 9.97 Å². The summed E-state index contributed by atoms with van der Waals surface area (Å²) in [7, 11) is 0. The van der Waals surface area contributed by atoms with Crippen LogP contribution < -0.4 is 10.6 Å². The van der Waals surface area contributed by atoms with Crippen molar-refractivity contribution in [3.05, 3.63) is 72.3 Å². The molecule has 1 heterocycles. The van der Waals surface area contributed by atoms with E-state index in [9.17, 15) is 4.39 Å². The fourth-order valence-electron chi connectivity index (χ4n) is 2.01. The van der Waals surface area contributed by atoms with Gasteiger partial charge in [-0.25, -0.2) is 14.4 Å². The maximum absolute atomic E-state index is 13.7. The Hall–Kier alpha value is -3.46. The molecule has 0 saturated carbocycles. The lowest BCUT2D eigenvalue weighted by molar-refractivity contribution is 0.632. The van der Waals surface area contributed by atoms with Gasteiger partial charge in [-0.05, 0) is 30.3 Å². The lowest BCUT2D eigenvalue weighted by atomic mass is 10.2. The predicted molar refractivity (Wildman–Crippen MR) is 86.2 cm³/mol. The van der Waals surface area contributed by atoms with Crippen molar-refractivity contribution >= 4 is 23.0 Å².